The highest BCUT2D eigenvalue weighted by Crippen LogP contribution is 2.19. The maximum Gasteiger partial charge on any atom is 0.337 e. The average molecular weight is 238 g/mol. The average Bonchev–Trinajstić information content (AvgIpc) is 2.46. The van der Waals surface area contributed by atoms with Gasteiger partial charge in [0.15, 0.2) is 0 Å². The summed E-state index contributed by atoms with van der Waals surface area (Å²) in [6, 6.07) is 12.4. The molecular formula is C14H10N2O2. The van der Waals surface area contributed by atoms with Crippen LogP contribution in [0.25, 0.3) is 11.3 Å². The van der Waals surface area contributed by atoms with Gasteiger partial charge in [-0.2, -0.15) is 5.26 Å². The Bertz CT molecular complexity index is 630. The number of benzene rings is 1. The fraction of sp³-hybridized carbons (Fsp3) is 0.0714. The molecule has 2 rings (SSSR count). The molecule has 1 aromatic carbocycles. The predicted octanol–water partition coefficient (Wildman–Crippen LogP) is 2.41. The molecule has 18 heavy (non-hydrogen) atoms. The summed E-state index contributed by atoms with van der Waals surface area (Å²) in [4.78, 5) is 15.6. The van der Waals surface area contributed by atoms with E-state index in [1.165, 1.54) is 7.11 Å². The Morgan fingerprint density at radius 1 is 1.33 bits per heavy atom. The molecule has 0 aliphatic carbocycles. The lowest BCUT2D eigenvalue weighted by molar-refractivity contribution is 0.0600. The van der Waals surface area contributed by atoms with E-state index in [0.717, 1.165) is 5.56 Å². The first kappa shape index (κ1) is 11.8. The van der Waals surface area contributed by atoms with Crippen molar-refractivity contribution in [3.63, 3.8) is 0 Å². The molecule has 0 N–H and O–H groups in total. The summed E-state index contributed by atoms with van der Waals surface area (Å²) in [5.74, 6) is -0.407. The standard InChI is InChI=1S/C14H10N2O2/c1-18-14(17)12-5-6-16-13(8-12)11-4-2-3-10(7-11)9-15/h2-8H,1H3. The third-order valence-corrected chi connectivity index (χ3v) is 2.47. The van der Waals surface area contributed by atoms with Crippen molar-refractivity contribution in [2.24, 2.45) is 0 Å². The Morgan fingerprint density at radius 3 is 2.89 bits per heavy atom. The molecule has 0 radical (unpaired) electrons. The monoisotopic (exact) mass is 238 g/mol. The third kappa shape index (κ3) is 2.36. The highest BCUT2D eigenvalue weighted by molar-refractivity contribution is 5.90. The highest BCUT2D eigenvalue weighted by Gasteiger charge is 2.08. The zero-order chi connectivity index (χ0) is 13.0. The van der Waals surface area contributed by atoms with Crippen molar-refractivity contribution >= 4 is 5.97 Å². The van der Waals surface area contributed by atoms with E-state index in [1.807, 2.05) is 6.07 Å². The minimum absolute atomic E-state index is 0.407. The SMILES string of the molecule is COC(=O)c1ccnc(-c2cccc(C#N)c2)c1. The van der Waals surface area contributed by atoms with Gasteiger partial charge < -0.3 is 4.74 Å². The quantitative estimate of drug-likeness (QED) is 0.753. The van der Waals surface area contributed by atoms with Gasteiger partial charge in [-0.15, -0.1) is 0 Å². The Morgan fingerprint density at radius 2 is 2.17 bits per heavy atom. The number of carbonyl (C=O) groups is 1. The van der Waals surface area contributed by atoms with Crippen molar-refractivity contribution in [3.8, 4) is 17.3 Å². The summed E-state index contributed by atoms with van der Waals surface area (Å²) in [7, 11) is 1.33. The molecular weight excluding hydrogens is 228 g/mol. The number of ether oxygens (including phenoxy) is 1. The zero-order valence-electron chi connectivity index (χ0n) is 9.75. The molecule has 0 unspecified atom stereocenters. The number of esters is 1. The fourth-order valence-electron chi connectivity index (χ4n) is 1.58. The van der Waals surface area contributed by atoms with E-state index in [0.29, 0.717) is 16.8 Å². The summed E-state index contributed by atoms with van der Waals surface area (Å²) in [5.41, 5.74) is 2.41. The van der Waals surface area contributed by atoms with Crippen LogP contribution in [0.15, 0.2) is 42.6 Å². The molecule has 4 nitrogen and oxygen atoms in total. The van der Waals surface area contributed by atoms with Gasteiger partial charge in [0.2, 0.25) is 0 Å². The summed E-state index contributed by atoms with van der Waals surface area (Å²) >= 11 is 0. The summed E-state index contributed by atoms with van der Waals surface area (Å²) in [5, 5.41) is 8.85. The van der Waals surface area contributed by atoms with Crippen molar-refractivity contribution in [3.05, 3.63) is 53.7 Å². The van der Waals surface area contributed by atoms with E-state index in [4.69, 9.17) is 5.26 Å². The van der Waals surface area contributed by atoms with Crippen molar-refractivity contribution in [1.82, 2.24) is 4.98 Å². The summed E-state index contributed by atoms with van der Waals surface area (Å²) in [6.45, 7) is 0. The first-order chi connectivity index (χ1) is 8.74. The Hall–Kier alpha value is -2.67. The van der Waals surface area contributed by atoms with Crippen LogP contribution in [0.3, 0.4) is 0 Å². The molecule has 0 aliphatic heterocycles. The van der Waals surface area contributed by atoms with Gasteiger partial charge in [-0.3, -0.25) is 4.98 Å². The molecule has 4 heteroatoms. The fourth-order valence-corrected chi connectivity index (χ4v) is 1.58. The summed E-state index contributed by atoms with van der Waals surface area (Å²) < 4.78 is 4.65. The highest BCUT2D eigenvalue weighted by atomic mass is 16.5. The predicted molar refractivity (Wildman–Crippen MR) is 65.7 cm³/mol. The number of nitrogens with zero attached hydrogens (tertiary/aromatic N) is 2. The van der Waals surface area contributed by atoms with Crippen LogP contribution in [0.4, 0.5) is 0 Å². The lowest BCUT2D eigenvalue weighted by Gasteiger charge is -2.03. The number of methoxy groups -OCH3 is 1. The van der Waals surface area contributed by atoms with Crippen molar-refractivity contribution < 1.29 is 9.53 Å². The maximum absolute atomic E-state index is 11.4. The van der Waals surface area contributed by atoms with Crippen LogP contribution in [0.1, 0.15) is 15.9 Å². The minimum atomic E-state index is -0.407. The number of pyridine rings is 1. The first-order valence-electron chi connectivity index (χ1n) is 5.29. The van der Waals surface area contributed by atoms with E-state index in [1.54, 1.807) is 36.5 Å². The van der Waals surface area contributed by atoms with Crippen LogP contribution in [-0.2, 0) is 4.74 Å². The van der Waals surface area contributed by atoms with E-state index < -0.39 is 5.97 Å². The molecule has 0 bridgehead atoms. The molecule has 0 saturated carbocycles. The van der Waals surface area contributed by atoms with E-state index >= 15 is 0 Å². The van der Waals surface area contributed by atoms with Gasteiger partial charge in [-0.05, 0) is 24.3 Å². The van der Waals surface area contributed by atoms with Gasteiger partial charge >= 0.3 is 5.97 Å². The van der Waals surface area contributed by atoms with Gasteiger partial charge in [0.05, 0.1) is 30.0 Å². The topological polar surface area (TPSA) is 63.0 Å². The molecule has 0 amide bonds. The third-order valence-electron chi connectivity index (χ3n) is 2.47. The summed E-state index contributed by atoms with van der Waals surface area (Å²) in [6.07, 6.45) is 1.54. The molecule has 0 fully saturated rings. The second-order valence-corrected chi connectivity index (χ2v) is 3.61. The van der Waals surface area contributed by atoms with Gasteiger partial charge in [-0.1, -0.05) is 12.1 Å². The van der Waals surface area contributed by atoms with Crippen molar-refractivity contribution in [2.75, 3.05) is 7.11 Å². The lowest BCUT2D eigenvalue weighted by Crippen LogP contribution is -2.01. The van der Waals surface area contributed by atoms with Gasteiger partial charge in [0.25, 0.3) is 0 Å². The normalized spacial score (nSPS) is 9.56. The Balaban J connectivity index is 2.45. The molecule has 2 aromatic rings. The second kappa shape index (κ2) is 5.11. The second-order valence-electron chi connectivity index (χ2n) is 3.61. The van der Waals surface area contributed by atoms with E-state index in [-0.39, 0.29) is 0 Å². The van der Waals surface area contributed by atoms with Crippen molar-refractivity contribution in [1.29, 1.82) is 5.26 Å². The molecule has 0 aliphatic rings. The number of hydrogen-bond acceptors (Lipinski definition) is 4. The largest absolute Gasteiger partial charge is 0.465 e. The number of nitriles is 1. The first-order valence-corrected chi connectivity index (χ1v) is 5.29. The van der Waals surface area contributed by atoms with Gasteiger partial charge in [-0.25, -0.2) is 4.79 Å². The molecule has 1 aromatic heterocycles. The van der Waals surface area contributed by atoms with Crippen LogP contribution in [0.5, 0.6) is 0 Å². The van der Waals surface area contributed by atoms with Crippen molar-refractivity contribution in [2.45, 2.75) is 0 Å². The number of hydrogen-bond donors (Lipinski definition) is 0. The minimum Gasteiger partial charge on any atom is -0.465 e. The van der Waals surface area contributed by atoms with Crippen LogP contribution in [0.2, 0.25) is 0 Å². The number of rotatable bonds is 2. The van der Waals surface area contributed by atoms with Crippen LogP contribution in [-0.4, -0.2) is 18.1 Å². The molecule has 0 saturated heterocycles. The molecule has 0 spiro atoms. The van der Waals surface area contributed by atoms with Crippen LogP contribution in [0, 0.1) is 11.3 Å². The lowest BCUT2D eigenvalue weighted by atomic mass is 10.1. The number of aromatic nitrogens is 1. The van der Waals surface area contributed by atoms with Gasteiger partial charge in [0, 0.05) is 11.8 Å². The van der Waals surface area contributed by atoms with Gasteiger partial charge in [0.1, 0.15) is 0 Å². The van der Waals surface area contributed by atoms with E-state index in [2.05, 4.69) is 15.8 Å². The van der Waals surface area contributed by atoms with E-state index in [9.17, 15) is 4.79 Å². The molecule has 88 valence electrons. The number of carbonyl (C=O) groups excluding carboxylic acids is 1. The maximum atomic E-state index is 11.4. The Kier molecular flexibility index (Phi) is 3.35. The molecule has 1 heterocycles. The zero-order valence-corrected chi connectivity index (χ0v) is 9.75. The van der Waals surface area contributed by atoms with Crippen LogP contribution < -0.4 is 0 Å². The molecule has 0 atom stereocenters. The Labute approximate surface area is 104 Å². The smallest absolute Gasteiger partial charge is 0.337 e. The van der Waals surface area contributed by atoms with Crippen LogP contribution >= 0.6 is 0 Å².